The maximum atomic E-state index is 12.0. The lowest BCUT2D eigenvalue weighted by atomic mass is 10.0. The molecule has 1 aliphatic carbocycles. The van der Waals surface area contributed by atoms with Gasteiger partial charge in [0.2, 0.25) is 0 Å². The highest BCUT2D eigenvalue weighted by Gasteiger charge is 2.27. The second-order valence-corrected chi connectivity index (χ2v) is 4.76. The number of nitrogens with one attached hydrogen (secondary N) is 1. The molecule has 0 aliphatic heterocycles. The number of carbonyl (C=O) groups excluding carboxylic acids is 1. The summed E-state index contributed by atoms with van der Waals surface area (Å²) in [6.45, 7) is 2.58. The molecule has 19 heavy (non-hydrogen) atoms. The maximum absolute atomic E-state index is 12.0. The van der Waals surface area contributed by atoms with Gasteiger partial charge in [0.05, 0.1) is 5.56 Å². The fourth-order valence-corrected chi connectivity index (χ4v) is 2.44. The topological polar surface area (TPSA) is 68.0 Å². The Balaban J connectivity index is 0.00000162. The molecule has 0 saturated heterocycles. The summed E-state index contributed by atoms with van der Waals surface area (Å²) in [4.78, 5) is 16.1. The van der Waals surface area contributed by atoms with Crippen LogP contribution in [0.15, 0.2) is 18.5 Å². The number of nitrogens with zero attached hydrogens (tertiary/aromatic N) is 1. The summed E-state index contributed by atoms with van der Waals surface area (Å²) in [6.07, 6.45) is 6.66. The Labute approximate surface area is 126 Å². The lowest BCUT2D eigenvalue weighted by Crippen LogP contribution is -2.39. The van der Waals surface area contributed by atoms with Gasteiger partial charge in [-0.15, -0.1) is 24.8 Å². The predicted octanol–water partition coefficient (Wildman–Crippen LogP) is 2.09. The number of hydrogen-bond donors (Lipinski definition) is 2. The first-order chi connectivity index (χ1) is 8.20. The molecule has 108 valence electrons. The molecule has 2 unspecified atom stereocenters. The van der Waals surface area contributed by atoms with E-state index >= 15 is 0 Å². The van der Waals surface area contributed by atoms with Crippen LogP contribution >= 0.6 is 24.8 Å². The second-order valence-electron chi connectivity index (χ2n) is 4.76. The second kappa shape index (κ2) is 8.35. The average Bonchev–Trinajstić information content (AvgIpc) is 2.76. The van der Waals surface area contributed by atoms with Crippen LogP contribution in [-0.2, 0) is 0 Å². The molecular formula is C13H21Cl2N3O. The van der Waals surface area contributed by atoms with Crippen LogP contribution in [0, 0.1) is 12.8 Å². The van der Waals surface area contributed by atoms with Crippen molar-refractivity contribution >= 4 is 30.7 Å². The molecule has 1 amide bonds. The van der Waals surface area contributed by atoms with Gasteiger partial charge in [0.25, 0.3) is 5.91 Å². The van der Waals surface area contributed by atoms with E-state index in [-0.39, 0.29) is 36.8 Å². The number of carbonyl (C=O) groups is 1. The molecule has 0 bridgehead atoms. The molecule has 0 aromatic carbocycles. The highest BCUT2D eigenvalue weighted by atomic mass is 35.5. The Bertz CT molecular complexity index is 415. The van der Waals surface area contributed by atoms with Crippen molar-refractivity contribution in [3.63, 3.8) is 0 Å². The summed E-state index contributed by atoms with van der Waals surface area (Å²) in [6, 6.07) is 2.09. The zero-order valence-electron chi connectivity index (χ0n) is 11.0. The van der Waals surface area contributed by atoms with Gasteiger partial charge in [-0.3, -0.25) is 9.78 Å². The van der Waals surface area contributed by atoms with Crippen molar-refractivity contribution in [1.82, 2.24) is 10.3 Å². The number of halogens is 2. The quantitative estimate of drug-likeness (QED) is 0.898. The summed E-state index contributed by atoms with van der Waals surface area (Å²) in [5, 5.41) is 3.06. The minimum atomic E-state index is -0.0356. The number of pyridine rings is 1. The van der Waals surface area contributed by atoms with E-state index in [0.29, 0.717) is 18.0 Å². The van der Waals surface area contributed by atoms with E-state index in [1.165, 1.54) is 0 Å². The number of rotatable bonds is 3. The number of aromatic nitrogens is 1. The minimum absolute atomic E-state index is 0. The van der Waals surface area contributed by atoms with Crippen molar-refractivity contribution in [2.45, 2.75) is 32.2 Å². The molecule has 3 N–H and O–H groups in total. The maximum Gasteiger partial charge on any atom is 0.253 e. The van der Waals surface area contributed by atoms with Gasteiger partial charge in [0, 0.05) is 18.4 Å². The number of nitrogens with two attached hydrogens (primary N) is 1. The van der Waals surface area contributed by atoms with Crippen molar-refractivity contribution in [3.05, 3.63) is 29.6 Å². The van der Waals surface area contributed by atoms with Gasteiger partial charge in [-0.25, -0.2) is 0 Å². The molecule has 2 rings (SSSR count). The molecule has 6 heteroatoms. The van der Waals surface area contributed by atoms with E-state index in [1.807, 2.05) is 13.0 Å². The van der Waals surface area contributed by atoms with Crippen LogP contribution in [0.25, 0.3) is 0 Å². The Morgan fingerprint density at radius 1 is 1.42 bits per heavy atom. The van der Waals surface area contributed by atoms with E-state index in [9.17, 15) is 4.79 Å². The predicted molar refractivity (Wildman–Crippen MR) is 81.1 cm³/mol. The van der Waals surface area contributed by atoms with E-state index in [1.54, 1.807) is 12.4 Å². The first-order valence-electron chi connectivity index (χ1n) is 6.13. The van der Waals surface area contributed by atoms with Crippen LogP contribution in [0.5, 0.6) is 0 Å². The molecule has 1 aromatic heterocycles. The smallest absolute Gasteiger partial charge is 0.253 e. The van der Waals surface area contributed by atoms with Gasteiger partial charge in [-0.1, -0.05) is 6.42 Å². The summed E-state index contributed by atoms with van der Waals surface area (Å²) in [7, 11) is 0. The zero-order valence-corrected chi connectivity index (χ0v) is 12.6. The molecule has 0 radical (unpaired) electrons. The fraction of sp³-hybridized carbons (Fsp3) is 0.538. The SMILES string of the molecule is Cc1cncc(C(=O)NC2CCCC2CN)c1.Cl.Cl. The highest BCUT2D eigenvalue weighted by molar-refractivity contribution is 5.94. The van der Waals surface area contributed by atoms with Gasteiger partial charge in [0.15, 0.2) is 0 Å². The third-order valence-corrected chi connectivity index (χ3v) is 3.42. The average molecular weight is 306 g/mol. The van der Waals surface area contributed by atoms with Crippen LogP contribution in [-0.4, -0.2) is 23.5 Å². The van der Waals surface area contributed by atoms with E-state index in [2.05, 4.69) is 10.3 Å². The zero-order chi connectivity index (χ0) is 12.3. The van der Waals surface area contributed by atoms with E-state index in [0.717, 1.165) is 24.8 Å². The largest absolute Gasteiger partial charge is 0.349 e. The Kier molecular flexibility index (Phi) is 7.99. The van der Waals surface area contributed by atoms with E-state index < -0.39 is 0 Å². The molecule has 1 aliphatic rings. The summed E-state index contributed by atoms with van der Waals surface area (Å²) in [5.74, 6) is 0.392. The standard InChI is InChI=1S/C13H19N3O.2ClH/c1-9-5-11(8-15-7-9)13(17)16-12-4-2-3-10(12)6-14;;/h5,7-8,10,12H,2-4,6,14H2,1H3,(H,16,17);2*1H. The van der Waals surface area contributed by atoms with Crippen molar-refractivity contribution in [3.8, 4) is 0 Å². The lowest BCUT2D eigenvalue weighted by Gasteiger charge is -2.19. The Morgan fingerprint density at radius 2 is 2.16 bits per heavy atom. The van der Waals surface area contributed by atoms with Gasteiger partial charge in [-0.05, 0) is 43.9 Å². The van der Waals surface area contributed by atoms with Crippen LogP contribution < -0.4 is 11.1 Å². The molecular weight excluding hydrogens is 285 g/mol. The van der Waals surface area contributed by atoms with Crippen LogP contribution in [0.2, 0.25) is 0 Å². The summed E-state index contributed by atoms with van der Waals surface area (Å²) < 4.78 is 0. The van der Waals surface area contributed by atoms with Gasteiger partial charge < -0.3 is 11.1 Å². The fourth-order valence-electron chi connectivity index (χ4n) is 2.44. The number of amides is 1. The minimum Gasteiger partial charge on any atom is -0.349 e. The molecule has 1 aromatic rings. The third-order valence-electron chi connectivity index (χ3n) is 3.42. The van der Waals surface area contributed by atoms with Gasteiger partial charge in [-0.2, -0.15) is 0 Å². The van der Waals surface area contributed by atoms with Gasteiger partial charge >= 0.3 is 0 Å². The number of hydrogen-bond acceptors (Lipinski definition) is 3. The first-order valence-corrected chi connectivity index (χ1v) is 6.13. The first kappa shape index (κ1) is 18.2. The van der Waals surface area contributed by atoms with E-state index in [4.69, 9.17) is 5.73 Å². The lowest BCUT2D eigenvalue weighted by molar-refractivity contribution is 0.0928. The molecule has 1 heterocycles. The number of aryl methyl sites for hydroxylation is 1. The van der Waals surface area contributed by atoms with Crippen LogP contribution in [0.4, 0.5) is 0 Å². The Morgan fingerprint density at radius 3 is 2.79 bits per heavy atom. The third kappa shape index (κ3) is 4.64. The van der Waals surface area contributed by atoms with Gasteiger partial charge in [0.1, 0.15) is 0 Å². The molecule has 2 atom stereocenters. The Hall–Kier alpha value is -0.840. The van der Waals surface area contributed by atoms with Crippen molar-refractivity contribution in [2.24, 2.45) is 11.7 Å². The van der Waals surface area contributed by atoms with Crippen LogP contribution in [0.3, 0.4) is 0 Å². The van der Waals surface area contributed by atoms with Crippen molar-refractivity contribution in [1.29, 1.82) is 0 Å². The summed E-state index contributed by atoms with van der Waals surface area (Å²) >= 11 is 0. The normalized spacial score (nSPS) is 21.2. The van der Waals surface area contributed by atoms with Crippen LogP contribution in [0.1, 0.15) is 35.2 Å². The molecule has 1 saturated carbocycles. The molecule has 1 fully saturated rings. The molecule has 4 nitrogen and oxygen atoms in total. The van der Waals surface area contributed by atoms with Crippen molar-refractivity contribution < 1.29 is 4.79 Å². The highest BCUT2D eigenvalue weighted by Crippen LogP contribution is 2.24. The summed E-state index contributed by atoms with van der Waals surface area (Å²) in [5.41, 5.74) is 7.33. The monoisotopic (exact) mass is 305 g/mol. The molecule has 0 spiro atoms. The van der Waals surface area contributed by atoms with Crippen molar-refractivity contribution in [2.75, 3.05) is 6.54 Å².